The Hall–Kier alpha value is -4.21. The van der Waals surface area contributed by atoms with Gasteiger partial charge >= 0.3 is 0 Å². The number of hydrogen-bond acceptors (Lipinski definition) is 8. The number of hydrogen-bond donors (Lipinski definition) is 6. The van der Waals surface area contributed by atoms with Crippen molar-refractivity contribution < 1.29 is 29.7 Å². The average molecular weight is 530 g/mol. The summed E-state index contributed by atoms with van der Waals surface area (Å²) in [5.41, 5.74) is 12.0. The molecule has 0 saturated heterocycles. The number of nitrogens with one attached hydrogen (secondary N) is 1. The van der Waals surface area contributed by atoms with Gasteiger partial charge in [-0.05, 0) is 66.1 Å². The second-order valence-electron chi connectivity index (χ2n) is 10.5. The number of phenols is 1. The van der Waals surface area contributed by atoms with Gasteiger partial charge in [0.2, 0.25) is 5.78 Å². The van der Waals surface area contributed by atoms with Crippen molar-refractivity contribution in [3.05, 3.63) is 87.8 Å². The molecule has 0 aliphatic heterocycles. The van der Waals surface area contributed by atoms with Crippen LogP contribution in [-0.2, 0) is 11.2 Å². The number of carbonyl (C=O) groups is 3. The van der Waals surface area contributed by atoms with Gasteiger partial charge < -0.3 is 32.1 Å². The third-order valence-corrected chi connectivity index (χ3v) is 8.25. The van der Waals surface area contributed by atoms with Crippen LogP contribution in [-0.4, -0.2) is 51.5 Å². The molecule has 1 unspecified atom stereocenters. The molecule has 39 heavy (non-hydrogen) atoms. The summed E-state index contributed by atoms with van der Waals surface area (Å²) < 4.78 is 0. The number of Topliss-reactive ketones (excluding diaryl/α,β-unsaturated/α-hetero) is 2. The second kappa shape index (κ2) is 9.52. The lowest BCUT2D eigenvalue weighted by Crippen LogP contribution is -2.55. The molecule has 8 N–H and O–H groups in total. The lowest BCUT2D eigenvalue weighted by molar-refractivity contribution is -0.138. The Morgan fingerprint density at radius 3 is 2.62 bits per heavy atom. The SMILES string of the molecule is C=C(N)C1=C(O)C[C@@H]2CC3Cc4c(-c5cccc(C(=O)NCCN)c5)ccc(O)c4C(=O)C3=C(C)[C@]2(O)C1=O. The van der Waals surface area contributed by atoms with Gasteiger partial charge in [-0.3, -0.25) is 14.4 Å². The maximum Gasteiger partial charge on any atom is 0.251 e. The minimum atomic E-state index is -2.01. The molecule has 2 aromatic carbocycles. The third-order valence-electron chi connectivity index (χ3n) is 8.25. The number of aromatic hydroxyl groups is 1. The number of fused-ring (bicyclic) bond motifs is 3. The molecule has 3 aliphatic rings. The number of aliphatic hydroxyl groups excluding tert-OH is 1. The van der Waals surface area contributed by atoms with E-state index in [9.17, 15) is 29.7 Å². The molecule has 9 heteroatoms. The number of allylic oxidation sites excluding steroid dienone is 3. The molecule has 0 aromatic heterocycles. The molecule has 0 bridgehead atoms. The van der Waals surface area contributed by atoms with Gasteiger partial charge in [0, 0.05) is 42.3 Å². The van der Waals surface area contributed by atoms with Gasteiger partial charge in [-0.1, -0.05) is 24.8 Å². The summed E-state index contributed by atoms with van der Waals surface area (Å²) in [7, 11) is 0. The van der Waals surface area contributed by atoms with Crippen molar-refractivity contribution in [2.24, 2.45) is 23.3 Å². The van der Waals surface area contributed by atoms with E-state index in [0.717, 1.165) is 0 Å². The van der Waals surface area contributed by atoms with E-state index in [1.54, 1.807) is 31.2 Å². The van der Waals surface area contributed by atoms with Crippen LogP contribution < -0.4 is 16.8 Å². The van der Waals surface area contributed by atoms with Gasteiger partial charge in [0.15, 0.2) is 11.4 Å². The average Bonchev–Trinajstić information content (AvgIpc) is 2.89. The second-order valence-corrected chi connectivity index (χ2v) is 10.5. The monoisotopic (exact) mass is 529 g/mol. The molecule has 3 atom stereocenters. The first kappa shape index (κ1) is 26.4. The van der Waals surface area contributed by atoms with Gasteiger partial charge in [-0.2, -0.15) is 0 Å². The zero-order valence-electron chi connectivity index (χ0n) is 21.6. The van der Waals surface area contributed by atoms with E-state index in [1.807, 2.05) is 6.07 Å². The summed E-state index contributed by atoms with van der Waals surface area (Å²) >= 11 is 0. The van der Waals surface area contributed by atoms with Crippen LogP contribution in [0.2, 0.25) is 0 Å². The Bertz CT molecular complexity index is 1520. The van der Waals surface area contributed by atoms with E-state index in [2.05, 4.69) is 11.9 Å². The highest BCUT2D eigenvalue weighted by molar-refractivity contribution is 6.17. The van der Waals surface area contributed by atoms with Gasteiger partial charge in [0.1, 0.15) is 11.5 Å². The van der Waals surface area contributed by atoms with Crippen molar-refractivity contribution in [1.29, 1.82) is 0 Å². The third kappa shape index (κ3) is 3.97. The van der Waals surface area contributed by atoms with Crippen LogP contribution in [0.15, 0.2) is 71.2 Å². The molecule has 9 nitrogen and oxygen atoms in total. The van der Waals surface area contributed by atoms with Crippen LogP contribution in [0.1, 0.15) is 46.0 Å². The van der Waals surface area contributed by atoms with E-state index >= 15 is 0 Å². The number of aliphatic hydroxyl groups is 2. The van der Waals surface area contributed by atoms with Crippen LogP contribution in [0, 0.1) is 11.8 Å². The largest absolute Gasteiger partial charge is 0.511 e. The van der Waals surface area contributed by atoms with Gasteiger partial charge in [0.25, 0.3) is 5.91 Å². The van der Waals surface area contributed by atoms with Crippen LogP contribution >= 0.6 is 0 Å². The van der Waals surface area contributed by atoms with E-state index < -0.39 is 23.1 Å². The van der Waals surface area contributed by atoms with E-state index in [0.29, 0.717) is 47.3 Å². The summed E-state index contributed by atoms with van der Waals surface area (Å²) in [6.45, 7) is 5.77. The van der Waals surface area contributed by atoms with Gasteiger partial charge in [-0.15, -0.1) is 0 Å². The summed E-state index contributed by atoms with van der Waals surface area (Å²) in [5.74, 6) is -2.93. The summed E-state index contributed by atoms with van der Waals surface area (Å²) in [6.07, 6.45) is 0.650. The fourth-order valence-electron chi connectivity index (χ4n) is 6.43. The molecule has 202 valence electrons. The molecule has 5 rings (SSSR count). The number of phenolic OH excluding ortho intramolecular Hbond substituents is 1. The molecular formula is C30H31N3O6. The zero-order valence-corrected chi connectivity index (χ0v) is 21.6. The smallest absolute Gasteiger partial charge is 0.251 e. The van der Waals surface area contributed by atoms with Crippen LogP contribution in [0.3, 0.4) is 0 Å². The maximum atomic E-state index is 13.9. The number of benzene rings is 2. The number of ketones is 2. The number of rotatable bonds is 5. The van der Waals surface area contributed by atoms with Crippen molar-refractivity contribution in [2.45, 2.75) is 31.8 Å². The summed E-state index contributed by atoms with van der Waals surface area (Å²) in [5, 5.41) is 35.8. The first-order valence-electron chi connectivity index (χ1n) is 12.8. The summed E-state index contributed by atoms with van der Waals surface area (Å²) in [4.78, 5) is 39.9. The topological polar surface area (TPSA) is 176 Å². The van der Waals surface area contributed by atoms with Crippen molar-refractivity contribution in [2.75, 3.05) is 13.1 Å². The molecule has 0 saturated carbocycles. The predicted octanol–water partition coefficient (Wildman–Crippen LogP) is 2.43. The Balaban J connectivity index is 1.62. The Labute approximate surface area is 225 Å². The van der Waals surface area contributed by atoms with Crippen molar-refractivity contribution in [3.8, 4) is 16.9 Å². The van der Waals surface area contributed by atoms with Crippen LogP contribution in [0.4, 0.5) is 0 Å². The Kier molecular flexibility index (Phi) is 6.44. The molecule has 0 radical (unpaired) electrons. The molecule has 0 heterocycles. The molecule has 0 spiro atoms. The van der Waals surface area contributed by atoms with E-state index in [4.69, 9.17) is 11.5 Å². The maximum absolute atomic E-state index is 13.9. The minimum Gasteiger partial charge on any atom is -0.511 e. The molecule has 0 fully saturated rings. The van der Waals surface area contributed by atoms with Gasteiger partial charge in [0.05, 0.1) is 11.1 Å². The highest BCUT2D eigenvalue weighted by atomic mass is 16.3. The van der Waals surface area contributed by atoms with Crippen LogP contribution in [0.25, 0.3) is 11.1 Å². The highest BCUT2D eigenvalue weighted by Gasteiger charge is 2.57. The van der Waals surface area contributed by atoms with Gasteiger partial charge in [-0.25, -0.2) is 0 Å². The predicted molar refractivity (Wildman–Crippen MR) is 145 cm³/mol. The Morgan fingerprint density at radius 2 is 1.92 bits per heavy atom. The number of nitrogens with two attached hydrogens (primary N) is 2. The fourth-order valence-corrected chi connectivity index (χ4v) is 6.43. The minimum absolute atomic E-state index is 0.0167. The highest BCUT2D eigenvalue weighted by Crippen LogP contribution is 2.53. The zero-order chi connectivity index (χ0) is 28.2. The lowest BCUT2D eigenvalue weighted by Gasteiger charge is -2.47. The van der Waals surface area contributed by atoms with Crippen LogP contribution in [0.5, 0.6) is 5.75 Å². The van der Waals surface area contributed by atoms with Crippen molar-refractivity contribution >= 4 is 17.5 Å². The van der Waals surface area contributed by atoms with E-state index in [1.165, 1.54) is 6.07 Å². The molecule has 2 aromatic rings. The lowest BCUT2D eigenvalue weighted by atomic mass is 9.58. The molecule has 3 aliphatic carbocycles. The molecule has 1 amide bonds. The Morgan fingerprint density at radius 1 is 1.18 bits per heavy atom. The van der Waals surface area contributed by atoms with Crippen molar-refractivity contribution in [3.63, 3.8) is 0 Å². The van der Waals surface area contributed by atoms with Crippen molar-refractivity contribution in [1.82, 2.24) is 5.32 Å². The fraction of sp³-hybridized carbons (Fsp3) is 0.300. The summed E-state index contributed by atoms with van der Waals surface area (Å²) in [6, 6.07) is 10.1. The number of carbonyl (C=O) groups excluding carboxylic acids is 3. The first-order chi connectivity index (χ1) is 18.5. The first-order valence-corrected chi connectivity index (χ1v) is 12.8. The number of amides is 1. The molecular weight excluding hydrogens is 498 g/mol. The standard InChI is InChI=1S/C30H31N3O6/c1-14-24-18(11-19-13-23(35)25(15(2)32)28(37)30(14,19)39)12-21-20(6-7-22(34)26(21)27(24)36)16-4-3-5-17(10-16)29(38)33-9-8-31/h3-7,10,18-19,34-35,39H,2,8-9,11-13,31-32H2,1H3,(H,33,38)/t18?,19-,30+/m0/s1. The quantitative estimate of drug-likeness (QED) is 0.342. The normalized spacial score (nSPS) is 24.2. The van der Waals surface area contributed by atoms with E-state index in [-0.39, 0.29) is 58.6 Å².